The number of aromatic nitrogens is 1. The van der Waals surface area contributed by atoms with Crippen LogP contribution in [0.3, 0.4) is 0 Å². The molecule has 1 saturated heterocycles. The zero-order valence-corrected chi connectivity index (χ0v) is 15.0. The van der Waals surface area contributed by atoms with Gasteiger partial charge in [-0.3, -0.25) is 14.8 Å². The number of nitrogens with zero attached hydrogens (tertiary/aromatic N) is 2. The highest BCUT2D eigenvalue weighted by Gasteiger charge is 2.37. The van der Waals surface area contributed by atoms with E-state index in [1.807, 2.05) is 31.2 Å². The van der Waals surface area contributed by atoms with Gasteiger partial charge in [0.2, 0.25) is 17.7 Å². The van der Waals surface area contributed by atoms with Crippen LogP contribution in [0.1, 0.15) is 57.4 Å². The SMILES string of the molecule is CCCC[C@H](CC(=O)NO)C(=O)N1CCC[C@H]1c1nc2ccccc2o1. The highest BCUT2D eigenvalue weighted by Crippen LogP contribution is 2.35. The Labute approximate surface area is 152 Å². The predicted molar refractivity (Wildman–Crippen MR) is 95.3 cm³/mol. The highest BCUT2D eigenvalue weighted by molar-refractivity contribution is 5.85. The molecule has 2 amide bonds. The first-order chi connectivity index (χ1) is 12.6. The number of rotatable bonds is 7. The number of hydroxylamine groups is 1. The third-order valence-electron chi connectivity index (χ3n) is 4.94. The summed E-state index contributed by atoms with van der Waals surface area (Å²) in [6.45, 7) is 2.68. The number of amides is 2. The molecule has 0 aliphatic carbocycles. The molecule has 0 saturated carbocycles. The molecule has 0 unspecified atom stereocenters. The Morgan fingerprint density at radius 2 is 2.23 bits per heavy atom. The normalized spacial score (nSPS) is 18.2. The molecule has 1 aliphatic rings. The first-order valence-electron chi connectivity index (χ1n) is 9.23. The maximum atomic E-state index is 13.1. The first-order valence-corrected chi connectivity index (χ1v) is 9.23. The van der Waals surface area contributed by atoms with E-state index in [0.717, 1.165) is 31.2 Å². The van der Waals surface area contributed by atoms with Crippen LogP contribution >= 0.6 is 0 Å². The molecule has 2 atom stereocenters. The van der Waals surface area contributed by atoms with Gasteiger partial charge in [0.1, 0.15) is 11.6 Å². The van der Waals surface area contributed by atoms with E-state index in [-0.39, 0.29) is 18.4 Å². The average molecular weight is 359 g/mol. The molecule has 3 rings (SSSR count). The summed E-state index contributed by atoms with van der Waals surface area (Å²) in [5, 5.41) is 8.82. The molecule has 0 bridgehead atoms. The third kappa shape index (κ3) is 3.88. The van der Waals surface area contributed by atoms with Crippen molar-refractivity contribution in [3.63, 3.8) is 0 Å². The molecule has 0 radical (unpaired) electrons. The Kier molecular flexibility index (Phi) is 5.88. The summed E-state index contributed by atoms with van der Waals surface area (Å²) in [5.41, 5.74) is 3.13. The summed E-state index contributed by atoms with van der Waals surface area (Å²) >= 11 is 0. The zero-order valence-electron chi connectivity index (χ0n) is 15.0. The Hall–Kier alpha value is -2.41. The number of benzene rings is 1. The standard InChI is InChI=1S/C19H25N3O4/c1-2-3-7-13(12-17(23)21-25)19(24)22-11-6-9-15(22)18-20-14-8-4-5-10-16(14)26-18/h4-5,8,10,13,15,25H,2-3,6-7,9,11-12H2,1H3,(H,21,23)/t13-,15+/m1/s1. The number of likely N-dealkylation sites (tertiary alicyclic amines) is 1. The third-order valence-corrected chi connectivity index (χ3v) is 4.94. The summed E-state index contributed by atoms with van der Waals surface area (Å²) in [6.07, 6.45) is 4.09. The number of unbranched alkanes of at least 4 members (excludes halogenated alkanes) is 1. The van der Waals surface area contributed by atoms with E-state index in [4.69, 9.17) is 9.62 Å². The quantitative estimate of drug-likeness (QED) is 0.585. The predicted octanol–water partition coefficient (Wildman–Crippen LogP) is 3.19. The molecule has 140 valence electrons. The van der Waals surface area contributed by atoms with Crippen molar-refractivity contribution in [1.82, 2.24) is 15.4 Å². The second kappa shape index (κ2) is 8.31. The van der Waals surface area contributed by atoms with Gasteiger partial charge in [-0.1, -0.05) is 31.9 Å². The van der Waals surface area contributed by atoms with Crippen molar-refractivity contribution in [1.29, 1.82) is 0 Å². The number of oxazole rings is 1. The van der Waals surface area contributed by atoms with E-state index >= 15 is 0 Å². The van der Waals surface area contributed by atoms with Crippen LogP contribution in [0.5, 0.6) is 0 Å². The number of carbonyl (C=O) groups is 2. The fraction of sp³-hybridized carbons (Fsp3) is 0.526. The Bertz CT molecular complexity index is 740. The molecule has 1 fully saturated rings. The zero-order chi connectivity index (χ0) is 18.5. The summed E-state index contributed by atoms with van der Waals surface area (Å²) in [6, 6.07) is 7.35. The fourth-order valence-corrected chi connectivity index (χ4v) is 3.59. The van der Waals surface area contributed by atoms with Crippen LogP contribution in [0, 0.1) is 5.92 Å². The minimum atomic E-state index is -0.530. The number of fused-ring (bicyclic) bond motifs is 1. The van der Waals surface area contributed by atoms with Gasteiger partial charge in [-0.05, 0) is 31.4 Å². The lowest BCUT2D eigenvalue weighted by Crippen LogP contribution is -2.38. The van der Waals surface area contributed by atoms with Gasteiger partial charge < -0.3 is 9.32 Å². The van der Waals surface area contributed by atoms with Gasteiger partial charge in [-0.2, -0.15) is 0 Å². The fourth-order valence-electron chi connectivity index (χ4n) is 3.59. The molecule has 2 aromatic rings. The molecular weight excluding hydrogens is 334 g/mol. The van der Waals surface area contributed by atoms with Crippen LogP contribution in [-0.4, -0.2) is 33.5 Å². The van der Waals surface area contributed by atoms with Crippen LogP contribution in [0.25, 0.3) is 11.1 Å². The average Bonchev–Trinajstić information content (AvgIpc) is 3.30. The van der Waals surface area contributed by atoms with Crippen LogP contribution in [0.2, 0.25) is 0 Å². The number of nitrogens with one attached hydrogen (secondary N) is 1. The number of hydrogen-bond donors (Lipinski definition) is 2. The van der Waals surface area contributed by atoms with Crippen molar-refractivity contribution >= 4 is 22.9 Å². The van der Waals surface area contributed by atoms with E-state index in [2.05, 4.69) is 4.98 Å². The Morgan fingerprint density at radius 3 is 2.96 bits per heavy atom. The molecule has 1 aromatic heterocycles. The van der Waals surface area contributed by atoms with Crippen molar-refractivity contribution in [2.45, 2.75) is 51.5 Å². The lowest BCUT2D eigenvalue weighted by atomic mass is 9.96. The second-order valence-corrected chi connectivity index (χ2v) is 6.79. The molecule has 0 spiro atoms. The minimum Gasteiger partial charge on any atom is -0.438 e. The molecule has 2 N–H and O–H groups in total. The van der Waals surface area contributed by atoms with E-state index in [0.29, 0.717) is 24.4 Å². The first kappa shape index (κ1) is 18.4. The largest absolute Gasteiger partial charge is 0.438 e. The molecule has 7 nitrogen and oxygen atoms in total. The monoisotopic (exact) mass is 359 g/mol. The maximum absolute atomic E-state index is 13.1. The van der Waals surface area contributed by atoms with Crippen molar-refractivity contribution < 1.29 is 19.2 Å². The van der Waals surface area contributed by atoms with Crippen LogP contribution in [0.4, 0.5) is 0 Å². The van der Waals surface area contributed by atoms with Gasteiger partial charge in [0.15, 0.2) is 5.58 Å². The summed E-state index contributed by atoms with van der Waals surface area (Å²) in [7, 11) is 0. The number of hydrogen-bond acceptors (Lipinski definition) is 5. The van der Waals surface area contributed by atoms with E-state index < -0.39 is 11.8 Å². The van der Waals surface area contributed by atoms with Crippen LogP contribution < -0.4 is 5.48 Å². The van der Waals surface area contributed by atoms with Gasteiger partial charge in [-0.25, -0.2) is 10.5 Å². The van der Waals surface area contributed by atoms with E-state index in [1.54, 1.807) is 10.4 Å². The molecule has 2 heterocycles. The van der Waals surface area contributed by atoms with Crippen molar-refractivity contribution in [2.24, 2.45) is 5.92 Å². The topological polar surface area (TPSA) is 95.7 Å². The van der Waals surface area contributed by atoms with Gasteiger partial charge in [0.05, 0.1) is 0 Å². The van der Waals surface area contributed by atoms with Crippen LogP contribution in [-0.2, 0) is 9.59 Å². The van der Waals surface area contributed by atoms with Crippen molar-refractivity contribution in [3.05, 3.63) is 30.2 Å². The Balaban J connectivity index is 1.80. The van der Waals surface area contributed by atoms with Crippen molar-refractivity contribution in [3.8, 4) is 0 Å². The summed E-state index contributed by atoms with van der Waals surface area (Å²) in [4.78, 5) is 31.0. The van der Waals surface area contributed by atoms with Gasteiger partial charge in [0, 0.05) is 18.9 Å². The number of carbonyl (C=O) groups excluding carboxylic acids is 2. The van der Waals surface area contributed by atoms with Gasteiger partial charge in [-0.15, -0.1) is 0 Å². The van der Waals surface area contributed by atoms with Crippen molar-refractivity contribution in [2.75, 3.05) is 6.54 Å². The maximum Gasteiger partial charge on any atom is 0.244 e. The number of para-hydroxylation sites is 2. The lowest BCUT2D eigenvalue weighted by molar-refractivity contribution is -0.141. The highest BCUT2D eigenvalue weighted by atomic mass is 16.5. The molecule has 26 heavy (non-hydrogen) atoms. The molecule has 1 aromatic carbocycles. The molecule has 7 heteroatoms. The Morgan fingerprint density at radius 1 is 1.42 bits per heavy atom. The van der Waals surface area contributed by atoms with Gasteiger partial charge >= 0.3 is 0 Å². The van der Waals surface area contributed by atoms with Crippen LogP contribution in [0.15, 0.2) is 28.7 Å². The van der Waals surface area contributed by atoms with E-state index in [9.17, 15) is 9.59 Å². The second-order valence-electron chi connectivity index (χ2n) is 6.79. The smallest absolute Gasteiger partial charge is 0.244 e. The van der Waals surface area contributed by atoms with E-state index in [1.165, 1.54) is 0 Å². The lowest BCUT2D eigenvalue weighted by Gasteiger charge is -2.27. The van der Waals surface area contributed by atoms with Gasteiger partial charge in [0.25, 0.3) is 0 Å². The molecular formula is C19H25N3O4. The summed E-state index contributed by atoms with van der Waals surface area (Å²) < 4.78 is 5.87. The molecule has 1 aliphatic heterocycles. The minimum absolute atomic E-state index is 0.00783. The summed E-state index contributed by atoms with van der Waals surface area (Å²) in [5.74, 6) is -0.478.